The molecule has 0 fully saturated rings. The van der Waals surface area contributed by atoms with Gasteiger partial charge in [0, 0.05) is 25.7 Å². The van der Waals surface area contributed by atoms with E-state index in [2.05, 4.69) is 48.5 Å². The molecule has 100 heavy (non-hydrogen) atoms. The first-order valence-corrected chi connectivity index (χ1v) is 44.8. The van der Waals surface area contributed by atoms with Gasteiger partial charge in [-0.05, 0) is 43.4 Å². The number of ether oxygens (including phenoxy) is 4. The minimum atomic E-state index is -4.96. The second-order valence-corrected chi connectivity index (χ2v) is 33.5. The number of hydrogen-bond donors (Lipinski definition) is 3. The van der Waals surface area contributed by atoms with Gasteiger partial charge in [0.2, 0.25) is 0 Å². The highest BCUT2D eigenvalue weighted by Gasteiger charge is 2.30. The highest BCUT2D eigenvalue weighted by Crippen LogP contribution is 2.45. The molecule has 594 valence electrons. The van der Waals surface area contributed by atoms with Gasteiger partial charge in [-0.15, -0.1) is 0 Å². The van der Waals surface area contributed by atoms with Crippen LogP contribution in [0.25, 0.3) is 0 Å². The molecule has 0 aromatic carbocycles. The fraction of sp³-hybridized carbons (Fsp3) is 0.951. The molecule has 5 atom stereocenters. The van der Waals surface area contributed by atoms with Crippen LogP contribution in [0.2, 0.25) is 0 Å². The van der Waals surface area contributed by atoms with E-state index in [0.29, 0.717) is 25.7 Å². The van der Waals surface area contributed by atoms with Crippen LogP contribution >= 0.6 is 15.6 Å². The van der Waals surface area contributed by atoms with Gasteiger partial charge in [0.25, 0.3) is 0 Å². The lowest BCUT2D eigenvalue weighted by Gasteiger charge is -2.21. The van der Waals surface area contributed by atoms with Gasteiger partial charge in [-0.1, -0.05) is 370 Å². The van der Waals surface area contributed by atoms with E-state index in [-0.39, 0.29) is 25.7 Å². The monoisotopic (exact) mass is 1470 g/mol. The Labute approximate surface area is 613 Å². The first kappa shape index (κ1) is 98.1. The molecule has 2 unspecified atom stereocenters. The summed E-state index contributed by atoms with van der Waals surface area (Å²) >= 11 is 0. The molecule has 17 nitrogen and oxygen atoms in total. The van der Waals surface area contributed by atoms with Crippen molar-refractivity contribution in [3.63, 3.8) is 0 Å². The van der Waals surface area contributed by atoms with Crippen molar-refractivity contribution < 1.29 is 80.2 Å². The van der Waals surface area contributed by atoms with Crippen LogP contribution < -0.4 is 0 Å². The number of aliphatic hydroxyl groups excluding tert-OH is 1. The molecule has 19 heteroatoms. The van der Waals surface area contributed by atoms with E-state index in [1.165, 1.54) is 231 Å². The number of carbonyl (C=O) groups is 4. The Kier molecular flexibility index (Phi) is 69.9. The van der Waals surface area contributed by atoms with Crippen molar-refractivity contribution in [2.45, 2.75) is 439 Å². The first-order valence-electron chi connectivity index (χ1n) is 41.8. The van der Waals surface area contributed by atoms with Gasteiger partial charge in [-0.25, -0.2) is 9.13 Å². The third-order valence-corrected chi connectivity index (χ3v) is 20.8. The standard InChI is InChI=1S/C81H158O17P2/c1-8-9-10-11-12-13-14-27-34-41-48-55-62-78(83)91-69-77(98-81(86)65-58-51-44-37-30-33-40-47-54-61-74(6)7)71-96-100(89,90)94-67-75(82)66-93-99(87,88)95-70-76(97-80(85)64-57-50-43-36-29-24-20-16-18-22-26-32-39-46-53-60-73(4)5)68-92-79(84)63-56-49-42-35-28-23-19-15-17-21-25-31-38-45-52-59-72(2)3/h72-77,82H,8-71H2,1-7H3,(H,87,88)(H,89,90)/t75-,76-,77-/m1/s1. The highest BCUT2D eigenvalue weighted by molar-refractivity contribution is 7.47. The third kappa shape index (κ3) is 74.3. The van der Waals surface area contributed by atoms with Crippen LogP contribution in [0.1, 0.15) is 421 Å². The predicted octanol–water partition coefficient (Wildman–Crippen LogP) is 24.1. The maximum Gasteiger partial charge on any atom is 0.472 e. The number of esters is 4. The van der Waals surface area contributed by atoms with Crippen LogP contribution in [-0.4, -0.2) is 96.7 Å². The zero-order chi connectivity index (χ0) is 73.7. The summed E-state index contributed by atoms with van der Waals surface area (Å²) in [6.07, 6.45) is 59.6. The fourth-order valence-corrected chi connectivity index (χ4v) is 14.1. The van der Waals surface area contributed by atoms with E-state index in [0.717, 1.165) is 108 Å². The summed E-state index contributed by atoms with van der Waals surface area (Å²) in [5.41, 5.74) is 0. The molecule has 0 saturated carbocycles. The lowest BCUT2D eigenvalue weighted by molar-refractivity contribution is -0.161. The second kappa shape index (κ2) is 71.3. The molecular weight excluding hydrogens is 1310 g/mol. The topological polar surface area (TPSA) is 237 Å². The van der Waals surface area contributed by atoms with Crippen molar-refractivity contribution >= 4 is 39.5 Å². The molecule has 3 N–H and O–H groups in total. The molecule has 0 aliphatic heterocycles. The molecule has 0 rings (SSSR count). The molecule has 0 aliphatic carbocycles. The van der Waals surface area contributed by atoms with Gasteiger partial charge in [0.15, 0.2) is 12.2 Å². The quantitative estimate of drug-likeness (QED) is 0.0222. The van der Waals surface area contributed by atoms with Gasteiger partial charge in [0.1, 0.15) is 19.3 Å². The van der Waals surface area contributed by atoms with Gasteiger partial charge in [-0.2, -0.15) is 0 Å². The van der Waals surface area contributed by atoms with Crippen molar-refractivity contribution in [3.05, 3.63) is 0 Å². The summed E-state index contributed by atoms with van der Waals surface area (Å²) in [7, 11) is -9.92. The van der Waals surface area contributed by atoms with Crippen LogP contribution in [0.5, 0.6) is 0 Å². The summed E-state index contributed by atoms with van der Waals surface area (Å²) in [5.74, 6) is 0.235. The lowest BCUT2D eigenvalue weighted by atomic mass is 10.0. The van der Waals surface area contributed by atoms with Crippen molar-refractivity contribution in [1.82, 2.24) is 0 Å². The Morgan fingerprint density at radius 1 is 0.270 bits per heavy atom. The normalized spacial score (nSPS) is 14.0. The Hall–Kier alpha value is -1.94. The van der Waals surface area contributed by atoms with Gasteiger partial charge in [-0.3, -0.25) is 37.3 Å². The zero-order valence-electron chi connectivity index (χ0n) is 65.7. The van der Waals surface area contributed by atoms with Crippen LogP contribution in [0.3, 0.4) is 0 Å². The van der Waals surface area contributed by atoms with Gasteiger partial charge in [0.05, 0.1) is 26.4 Å². The minimum absolute atomic E-state index is 0.106. The van der Waals surface area contributed by atoms with Gasteiger partial charge < -0.3 is 33.8 Å². The minimum Gasteiger partial charge on any atom is -0.462 e. The average Bonchev–Trinajstić information content (AvgIpc) is 0.920. The maximum atomic E-state index is 13.1. The summed E-state index contributed by atoms with van der Waals surface area (Å²) in [4.78, 5) is 73.0. The molecule has 0 spiro atoms. The van der Waals surface area contributed by atoms with Crippen molar-refractivity contribution in [2.24, 2.45) is 17.8 Å². The van der Waals surface area contributed by atoms with E-state index >= 15 is 0 Å². The number of phosphoric acid groups is 2. The highest BCUT2D eigenvalue weighted by atomic mass is 31.2. The number of hydrogen-bond acceptors (Lipinski definition) is 15. The maximum absolute atomic E-state index is 13.1. The Balaban J connectivity index is 5.25. The first-order chi connectivity index (χ1) is 48.2. The molecule has 0 saturated heterocycles. The number of carbonyl (C=O) groups excluding carboxylic acids is 4. The summed E-state index contributed by atoms with van der Waals surface area (Å²) in [6.45, 7) is 12.0. The lowest BCUT2D eigenvalue weighted by Crippen LogP contribution is -2.30. The molecule has 0 aliphatic rings. The van der Waals surface area contributed by atoms with E-state index in [1.54, 1.807) is 0 Å². The van der Waals surface area contributed by atoms with E-state index < -0.39 is 97.5 Å². The van der Waals surface area contributed by atoms with Crippen LogP contribution in [0, 0.1) is 17.8 Å². The SMILES string of the molecule is CCCCCCCCCCCCCCC(=O)OC[C@H](COP(=O)(O)OC[C@H](O)COP(=O)(O)OC[C@@H](COC(=O)CCCCCCCCCCCCCCCCCC(C)C)OC(=O)CCCCCCCCCCCCCCCCCC(C)C)OC(=O)CCCCCCCCCCCC(C)C. The number of unbranched alkanes of at least 4 members (excludes halogenated alkanes) is 47. The predicted molar refractivity (Wildman–Crippen MR) is 409 cm³/mol. The van der Waals surface area contributed by atoms with Crippen LogP contribution in [0.15, 0.2) is 0 Å². The third-order valence-electron chi connectivity index (χ3n) is 18.9. The Morgan fingerprint density at radius 3 is 0.680 bits per heavy atom. The Bertz CT molecular complexity index is 1940. The van der Waals surface area contributed by atoms with Crippen molar-refractivity contribution in [2.75, 3.05) is 39.6 Å². The molecule has 0 amide bonds. The molecule has 0 aromatic heterocycles. The van der Waals surface area contributed by atoms with Crippen LogP contribution in [0.4, 0.5) is 0 Å². The summed E-state index contributed by atoms with van der Waals surface area (Å²) in [5, 5.41) is 10.6. The molecule has 0 radical (unpaired) electrons. The summed E-state index contributed by atoms with van der Waals surface area (Å²) in [6, 6.07) is 0. The largest absolute Gasteiger partial charge is 0.472 e. The van der Waals surface area contributed by atoms with E-state index in [9.17, 15) is 43.2 Å². The zero-order valence-corrected chi connectivity index (χ0v) is 67.5. The molecule has 0 aromatic rings. The average molecular weight is 1470 g/mol. The van der Waals surface area contributed by atoms with E-state index in [1.807, 2.05) is 0 Å². The fourth-order valence-electron chi connectivity index (χ4n) is 12.5. The second-order valence-electron chi connectivity index (χ2n) is 30.6. The molecule has 0 bridgehead atoms. The van der Waals surface area contributed by atoms with Gasteiger partial charge >= 0.3 is 39.5 Å². The van der Waals surface area contributed by atoms with E-state index in [4.69, 9.17) is 37.0 Å². The smallest absolute Gasteiger partial charge is 0.462 e. The number of phosphoric ester groups is 2. The summed E-state index contributed by atoms with van der Waals surface area (Å²) < 4.78 is 68.7. The van der Waals surface area contributed by atoms with Crippen molar-refractivity contribution in [3.8, 4) is 0 Å². The van der Waals surface area contributed by atoms with Crippen LogP contribution in [-0.2, 0) is 65.4 Å². The number of aliphatic hydroxyl groups is 1. The molecule has 0 heterocycles. The Morgan fingerprint density at radius 2 is 0.460 bits per heavy atom. The molecular formula is C81H158O17P2. The number of rotatable bonds is 79. The van der Waals surface area contributed by atoms with Crippen molar-refractivity contribution in [1.29, 1.82) is 0 Å².